The zero-order valence-electron chi connectivity index (χ0n) is 16.2. The van der Waals surface area contributed by atoms with Crippen LogP contribution >= 0.6 is 11.6 Å². The molecule has 0 atom stereocenters. The first-order valence-corrected chi connectivity index (χ1v) is 9.26. The van der Waals surface area contributed by atoms with Gasteiger partial charge in [-0.3, -0.25) is 0 Å². The molecule has 0 N–H and O–H groups in total. The average molecular weight is 441 g/mol. The van der Waals surface area contributed by atoms with E-state index in [-0.39, 0.29) is 22.7 Å². The highest BCUT2D eigenvalue weighted by atomic mass is 35.5. The van der Waals surface area contributed by atoms with Gasteiger partial charge in [-0.1, -0.05) is 0 Å². The monoisotopic (exact) mass is 440 g/mol. The molecule has 0 aliphatic heterocycles. The molecule has 156 valence electrons. The largest absolute Gasteiger partial charge is 0.463 e. The van der Waals surface area contributed by atoms with Crippen molar-refractivity contribution in [1.82, 2.24) is 19.9 Å². The quantitative estimate of drug-likeness (QED) is 0.329. The predicted octanol–water partition coefficient (Wildman–Crippen LogP) is 5.01. The Bertz CT molecular complexity index is 1170. The number of aromatic nitrogens is 4. The molecule has 2 aromatic heterocycles. The Morgan fingerprint density at radius 2 is 1.26 bits per heavy atom. The minimum Gasteiger partial charge on any atom is -0.463 e. The summed E-state index contributed by atoms with van der Waals surface area (Å²) in [6.45, 7) is 0. The minimum atomic E-state index is -0.603. The summed E-state index contributed by atoms with van der Waals surface area (Å²) < 4.78 is 29.9. The van der Waals surface area contributed by atoms with Crippen molar-refractivity contribution in [3.8, 4) is 22.5 Å². The SMILES string of the molecule is COC(=O)c1nccc(-c2ccc(F)cc2)n1.Fc1ccc(-c2ccnc(Cl)n2)cc1. The molecular formula is C22H15ClF2N4O2. The highest BCUT2D eigenvalue weighted by molar-refractivity contribution is 6.28. The smallest absolute Gasteiger partial charge is 0.376 e. The first-order valence-electron chi connectivity index (χ1n) is 8.88. The molecule has 0 aliphatic carbocycles. The summed E-state index contributed by atoms with van der Waals surface area (Å²) in [4.78, 5) is 26.8. The summed E-state index contributed by atoms with van der Waals surface area (Å²) in [5.74, 6) is -1.21. The van der Waals surface area contributed by atoms with E-state index in [1.165, 1.54) is 37.6 Å². The van der Waals surface area contributed by atoms with Crippen molar-refractivity contribution in [2.75, 3.05) is 7.11 Å². The molecule has 0 bridgehead atoms. The summed E-state index contributed by atoms with van der Waals surface area (Å²) in [5, 5.41) is 0.187. The van der Waals surface area contributed by atoms with E-state index in [2.05, 4.69) is 24.7 Å². The van der Waals surface area contributed by atoms with E-state index < -0.39 is 5.97 Å². The van der Waals surface area contributed by atoms with Crippen molar-refractivity contribution in [3.05, 3.63) is 95.8 Å². The van der Waals surface area contributed by atoms with Crippen molar-refractivity contribution in [2.45, 2.75) is 0 Å². The Hall–Kier alpha value is -3.78. The standard InChI is InChI=1S/C12H9FN2O2.C10H6ClFN2/c1-17-12(16)11-14-7-6-10(15-11)8-2-4-9(13)5-3-8;11-10-13-6-5-9(14-10)7-1-3-8(12)4-2-7/h2-7H,1H3;1-6H. The molecule has 0 saturated heterocycles. The van der Waals surface area contributed by atoms with E-state index in [9.17, 15) is 13.6 Å². The highest BCUT2D eigenvalue weighted by Crippen LogP contribution is 2.18. The van der Waals surface area contributed by atoms with Gasteiger partial charge in [0.1, 0.15) is 11.6 Å². The van der Waals surface area contributed by atoms with E-state index in [4.69, 9.17) is 11.6 Å². The molecule has 4 aromatic rings. The van der Waals surface area contributed by atoms with Gasteiger partial charge in [0, 0.05) is 23.5 Å². The maximum atomic E-state index is 12.8. The summed E-state index contributed by atoms with van der Waals surface area (Å²) in [6, 6.07) is 15.2. The topological polar surface area (TPSA) is 77.9 Å². The lowest BCUT2D eigenvalue weighted by atomic mass is 10.1. The molecule has 6 nitrogen and oxygen atoms in total. The number of hydrogen-bond donors (Lipinski definition) is 0. The number of carbonyl (C=O) groups is 1. The van der Waals surface area contributed by atoms with Crippen LogP contribution in [0.1, 0.15) is 10.6 Å². The van der Waals surface area contributed by atoms with Gasteiger partial charge in [0.25, 0.3) is 0 Å². The molecule has 0 aliphatic rings. The normalized spacial score (nSPS) is 10.1. The molecule has 0 amide bonds. The average Bonchev–Trinajstić information content (AvgIpc) is 2.80. The molecule has 9 heteroatoms. The van der Waals surface area contributed by atoms with Crippen LogP contribution in [0.15, 0.2) is 73.1 Å². The van der Waals surface area contributed by atoms with Crippen LogP contribution in [0.4, 0.5) is 8.78 Å². The van der Waals surface area contributed by atoms with Gasteiger partial charge >= 0.3 is 5.97 Å². The summed E-state index contributed by atoms with van der Waals surface area (Å²) in [6.07, 6.45) is 3.02. The third-order valence-electron chi connectivity index (χ3n) is 3.93. The van der Waals surface area contributed by atoms with E-state index in [0.29, 0.717) is 17.0 Å². The number of esters is 1. The predicted molar refractivity (Wildman–Crippen MR) is 111 cm³/mol. The van der Waals surface area contributed by atoms with Gasteiger partial charge < -0.3 is 4.74 Å². The Morgan fingerprint density at radius 3 is 1.74 bits per heavy atom. The van der Waals surface area contributed by atoms with E-state index in [0.717, 1.165) is 5.56 Å². The maximum absolute atomic E-state index is 12.8. The Balaban J connectivity index is 0.000000179. The van der Waals surface area contributed by atoms with Crippen LogP contribution < -0.4 is 0 Å². The van der Waals surface area contributed by atoms with Gasteiger partial charge in [-0.15, -0.1) is 0 Å². The van der Waals surface area contributed by atoms with Crippen molar-refractivity contribution >= 4 is 17.6 Å². The van der Waals surface area contributed by atoms with Crippen molar-refractivity contribution < 1.29 is 18.3 Å². The second-order valence-electron chi connectivity index (χ2n) is 5.98. The molecule has 4 rings (SSSR count). The van der Waals surface area contributed by atoms with Crippen LogP contribution in [0, 0.1) is 11.6 Å². The van der Waals surface area contributed by atoms with Crippen molar-refractivity contribution in [3.63, 3.8) is 0 Å². The van der Waals surface area contributed by atoms with Crippen LogP contribution in [0.25, 0.3) is 22.5 Å². The third kappa shape index (κ3) is 6.10. The van der Waals surface area contributed by atoms with Gasteiger partial charge in [0.05, 0.1) is 18.5 Å². The minimum absolute atomic E-state index is 0.0191. The maximum Gasteiger partial charge on any atom is 0.376 e. The van der Waals surface area contributed by atoms with E-state index >= 15 is 0 Å². The Labute approximate surface area is 181 Å². The third-order valence-corrected chi connectivity index (χ3v) is 4.11. The lowest BCUT2D eigenvalue weighted by Crippen LogP contribution is -2.07. The molecule has 0 radical (unpaired) electrons. The molecule has 2 aromatic carbocycles. The fourth-order valence-electron chi connectivity index (χ4n) is 2.45. The molecule has 2 heterocycles. The highest BCUT2D eigenvalue weighted by Gasteiger charge is 2.10. The van der Waals surface area contributed by atoms with Gasteiger partial charge in [-0.05, 0) is 72.3 Å². The summed E-state index contributed by atoms with van der Waals surface area (Å²) >= 11 is 5.63. The number of hydrogen-bond acceptors (Lipinski definition) is 6. The van der Waals surface area contributed by atoms with Gasteiger partial charge in [0.2, 0.25) is 11.1 Å². The van der Waals surface area contributed by atoms with Crippen molar-refractivity contribution in [2.24, 2.45) is 0 Å². The zero-order chi connectivity index (χ0) is 22.2. The second-order valence-corrected chi connectivity index (χ2v) is 6.32. The molecule has 0 fully saturated rings. The number of rotatable bonds is 3. The van der Waals surface area contributed by atoms with Crippen LogP contribution in [0.3, 0.4) is 0 Å². The number of ether oxygens (including phenoxy) is 1. The molecule has 0 spiro atoms. The van der Waals surface area contributed by atoms with Crippen LogP contribution in [0.5, 0.6) is 0 Å². The fraction of sp³-hybridized carbons (Fsp3) is 0.0455. The molecule has 0 unspecified atom stereocenters. The van der Waals surface area contributed by atoms with E-state index in [1.54, 1.807) is 42.6 Å². The van der Waals surface area contributed by atoms with Crippen LogP contribution in [0.2, 0.25) is 5.28 Å². The Morgan fingerprint density at radius 1 is 0.774 bits per heavy atom. The van der Waals surface area contributed by atoms with Gasteiger partial charge in [-0.25, -0.2) is 33.5 Å². The van der Waals surface area contributed by atoms with Crippen LogP contribution in [-0.2, 0) is 4.74 Å². The zero-order valence-corrected chi connectivity index (χ0v) is 16.9. The second kappa shape index (κ2) is 10.3. The molecule has 0 saturated carbocycles. The van der Waals surface area contributed by atoms with E-state index in [1.807, 2.05) is 0 Å². The summed E-state index contributed by atoms with van der Waals surface area (Å²) in [7, 11) is 1.26. The number of halogens is 3. The fourth-order valence-corrected chi connectivity index (χ4v) is 2.59. The van der Waals surface area contributed by atoms with Gasteiger partial charge in [0.15, 0.2) is 0 Å². The van der Waals surface area contributed by atoms with Gasteiger partial charge in [-0.2, -0.15) is 0 Å². The molecule has 31 heavy (non-hydrogen) atoms. The Kier molecular flexibility index (Phi) is 7.29. The lowest BCUT2D eigenvalue weighted by Gasteiger charge is -2.02. The first-order chi connectivity index (χ1) is 15.0. The number of nitrogens with zero attached hydrogens (tertiary/aromatic N) is 4. The number of benzene rings is 2. The summed E-state index contributed by atoms with van der Waals surface area (Å²) in [5.41, 5.74) is 2.75. The number of carbonyl (C=O) groups excluding carboxylic acids is 1. The first kappa shape index (κ1) is 21.9. The lowest BCUT2D eigenvalue weighted by molar-refractivity contribution is 0.0587. The van der Waals surface area contributed by atoms with Crippen molar-refractivity contribution in [1.29, 1.82) is 0 Å². The molecular weight excluding hydrogens is 426 g/mol. The number of methoxy groups -OCH3 is 1. The van der Waals surface area contributed by atoms with Crippen LogP contribution in [-0.4, -0.2) is 33.0 Å².